The molecular formula is C23H29N3O3S. The van der Waals surface area contributed by atoms with Crippen LogP contribution in [0.3, 0.4) is 0 Å². The molecule has 1 saturated heterocycles. The van der Waals surface area contributed by atoms with Crippen LogP contribution in [0.4, 0.5) is 5.69 Å². The monoisotopic (exact) mass is 427 g/mol. The molecule has 3 rings (SSSR count). The highest BCUT2D eigenvalue weighted by atomic mass is 32.1. The van der Waals surface area contributed by atoms with E-state index in [-0.39, 0.29) is 12.5 Å². The van der Waals surface area contributed by atoms with Crippen molar-refractivity contribution in [1.29, 1.82) is 0 Å². The zero-order chi connectivity index (χ0) is 21.5. The highest BCUT2D eigenvalue weighted by molar-refractivity contribution is 7.80. The number of benzene rings is 2. The number of piperazine rings is 1. The van der Waals surface area contributed by atoms with Crippen molar-refractivity contribution in [3.05, 3.63) is 53.6 Å². The quantitative estimate of drug-likeness (QED) is 0.684. The lowest BCUT2D eigenvalue weighted by Gasteiger charge is -2.35. The van der Waals surface area contributed by atoms with Crippen LogP contribution in [-0.2, 0) is 4.79 Å². The molecule has 0 bridgehead atoms. The lowest BCUT2D eigenvalue weighted by Crippen LogP contribution is -2.48. The van der Waals surface area contributed by atoms with E-state index in [1.165, 1.54) is 0 Å². The van der Waals surface area contributed by atoms with Crippen molar-refractivity contribution in [2.45, 2.75) is 13.8 Å². The zero-order valence-electron chi connectivity index (χ0n) is 17.8. The lowest BCUT2D eigenvalue weighted by atomic mass is 10.1. The molecular weight excluding hydrogens is 398 g/mol. The second-order valence-electron chi connectivity index (χ2n) is 7.30. The van der Waals surface area contributed by atoms with Gasteiger partial charge in [0.1, 0.15) is 4.99 Å². The number of carbonyl (C=O) groups excluding carboxylic acids is 1. The number of nitrogens with one attached hydrogen (secondary N) is 1. The number of nitrogens with zero attached hydrogens (tertiary/aromatic N) is 2. The van der Waals surface area contributed by atoms with E-state index in [0.29, 0.717) is 11.5 Å². The number of methoxy groups -OCH3 is 1. The molecule has 160 valence electrons. The van der Waals surface area contributed by atoms with Gasteiger partial charge in [-0.1, -0.05) is 31.3 Å². The van der Waals surface area contributed by atoms with Gasteiger partial charge in [0.05, 0.1) is 7.11 Å². The first-order valence-corrected chi connectivity index (χ1v) is 10.6. The predicted octanol–water partition coefficient (Wildman–Crippen LogP) is 3.33. The Hall–Kier alpha value is -2.64. The van der Waals surface area contributed by atoms with Crippen molar-refractivity contribution in [3.63, 3.8) is 0 Å². The molecule has 6 nitrogen and oxygen atoms in total. The van der Waals surface area contributed by atoms with Crippen LogP contribution >= 0.6 is 12.2 Å². The molecule has 30 heavy (non-hydrogen) atoms. The fraction of sp³-hybridized carbons (Fsp3) is 0.391. The third kappa shape index (κ3) is 5.70. The summed E-state index contributed by atoms with van der Waals surface area (Å²) in [6, 6.07) is 13.2. The summed E-state index contributed by atoms with van der Waals surface area (Å²) in [5.74, 6) is 0.848. The molecule has 1 amide bonds. The molecule has 2 aromatic rings. The van der Waals surface area contributed by atoms with Gasteiger partial charge in [0.2, 0.25) is 0 Å². The van der Waals surface area contributed by atoms with Gasteiger partial charge in [0.25, 0.3) is 5.91 Å². The summed E-state index contributed by atoms with van der Waals surface area (Å²) < 4.78 is 11.2. The normalized spacial score (nSPS) is 14.3. The van der Waals surface area contributed by atoms with Crippen LogP contribution in [0.15, 0.2) is 42.5 Å². The van der Waals surface area contributed by atoms with Crippen LogP contribution in [0.25, 0.3) is 0 Å². The van der Waals surface area contributed by atoms with Crippen LogP contribution in [-0.4, -0.2) is 67.1 Å². The standard InChI is InChI=1S/C23H29N3O3S/c1-4-25-10-12-26(13-11-25)23(30)18-8-9-20(21(15-18)28-3)29-16-22(27)24-19-7-5-6-17(2)14-19/h5-9,14-15H,4,10-13,16H2,1-3H3,(H,24,27). The van der Waals surface area contributed by atoms with Crippen molar-refractivity contribution in [2.24, 2.45) is 0 Å². The van der Waals surface area contributed by atoms with Gasteiger partial charge in [-0.2, -0.15) is 0 Å². The average Bonchev–Trinajstić information content (AvgIpc) is 2.77. The molecule has 2 aromatic carbocycles. The zero-order valence-corrected chi connectivity index (χ0v) is 18.6. The van der Waals surface area contributed by atoms with Gasteiger partial charge in [0, 0.05) is 37.4 Å². The van der Waals surface area contributed by atoms with Gasteiger partial charge >= 0.3 is 0 Å². The molecule has 1 N–H and O–H groups in total. The van der Waals surface area contributed by atoms with E-state index in [4.69, 9.17) is 21.7 Å². The molecule has 0 aromatic heterocycles. The fourth-order valence-corrected chi connectivity index (χ4v) is 3.74. The van der Waals surface area contributed by atoms with Crippen molar-refractivity contribution in [3.8, 4) is 11.5 Å². The molecule has 0 radical (unpaired) electrons. The Labute approximate surface area is 183 Å². The van der Waals surface area contributed by atoms with Gasteiger partial charge in [-0.05, 0) is 49.4 Å². The summed E-state index contributed by atoms with van der Waals surface area (Å²) in [6.45, 7) is 9.01. The van der Waals surface area contributed by atoms with E-state index in [1.54, 1.807) is 7.11 Å². The van der Waals surface area contributed by atoms with Crippen molar-refractivity contribution in [2.75, 3.05) is 51.8 Å². The number of hydrogen-bond acceptors (Lipinski definition) is 5. The van der Waals surface area contributed by atoms with Gasteiger partial charge in [0.15, 0.2) is 18.1 Å². The van der Waals surface area contributed by atoms with Gasteiger partial charge in [-0.15, -0.1) is 0 Å². The number of carbonyl (C=O) groups is 1. The second kappa shape index (κ2) is 10.4. The minimum Gasteiger partial charge on any atom is -0.493 e. The topological polar surface area (TPSA) is 54.0 Å². The summed E-state index contributed by atoms with van der Waals surface area (Å²) >= 11 is 5.70. The van der Waals surface area contributed by atoms with Crippen molar-refractivity contribution >= 4 is 28.8 Å². The van der Waals surface area contributed by atoms with Gasteiger partial charge < -0.3 is 24.6 Å². The van der Waals surface area contributed by atoms with E-state index in [1.807, 2.05) is 49.4 Å². The van der Waals surface area contributed by atoms with Crippen LogP contribution in [0, 0.1) is 6.92 Å². The number of hydrogen-bond donors (Lipinski definition) is 1. The average molecular weight is 428 g/mol. The number of amides is 1. The molecule has 1 aliphatic rings. The number of likely N-dealkylation sites (N-methyl/N-ethyl adjacent to an activating group) is 1. The number of thiocarbonyl (C=S) groups is 1. The molecule has 0 spiro atoms. The molecule has 1 aliphatic heterocycles. The molecule has 0 atom stereocenters. The smallest absolute Gasteiger partial charge is 0.262 e. The molecule has 0 aliphatic carbocycles. The molecule has 7 heteroatoms. The number of anilines is 1. The summed E-state index contributed by atoms with van der Waals surface area (Å²) in [5.41, 5.74) is 2.75. The summed E-state index contributed by atoms with van der Waals surface area (Å²) in [4.78, 5) is 17.7. The Morgan fingerprint density at radius 3 is 2.53 bits per heavy atom. The maximum atomic E-state index is 12.2. The predicted molar refractivity (Wildman–Crippen MR) is 124 cm³/mol. The molecule has 0 unspecified atom stereocenters. The highest BCUT2D eigenvalue weighted by Crippen LogP contribution is 2.29. The van der Waals surface area contributed by atoms with E-state index >= 15 is 0 Å². The minimum atomic E-state index is -0.226. The van der Waals surface area contributed by atoms with Crippen LogP contribution in [0.2, 0.25) is 0 Å². The van der Waals surface area contributed by atoms with Crippen LogP contribution < -0.4 is 14.8 Å². The van der Waals surface area contributed by atoms with E-state index in [0.717, 1.165) is 54.5 Å². The Balaban J connectivity index is 1.60. The van der Waals surface area contributed by atoms with Gasteiger partial charge in [-0.3, -0.25) is 4.79 Å². The van der Waals surface area contributed by atoms with E-state index in [2.05, 4.69) is 22.0 Å². The number of rotatable bonds is 7. The van der Waals surface area contributed by atoms with E-state index in [9.17, 15) is 4.79 Å². The third-order valence-electron chi connectivity index (χ3n) is 5.18. The molecule has 0 saturated carbocycles. The third-order valence-corrected chi connectivity index (χ3v) is 5.67. The highest BCUT2D eigenvalue weighted by Gasteiger charge is 2.20. The first-order chi connectivity index (χ1) is 14.5. The summed E-state index contributed by atoms with van der Waals surface area (Å²) in [7, 11) is 1.59. The fourth-order valence-electron chi connectivity index (χ4n) is 3.43. The Morgan fingerprint density at radius 2 is 1.87 bits per heavy atom. The summed E-state index contributed by atoms with van der Waals surface area (Å²) in [6.07, 6.45) is 0. The summed E-state index contributed by atoms with van der Waals surface area (Å²) in [5, 5.41) is 2.84. The first-order valence-electron chi connectivity index (χ1n) is 10.2. The largest absolute Gasteiger partial charge is 0.493 e. The minimum absolute atomic E-state index is 0.104. The molecule has 1 heterocycles. The second-order valence-corrected chi connectivity index (χ2v) is 7.69. The van der Waals surface area contributed by atoms with Crippen LogP contribution in [0.1, 0.15) is 18.1 Å². The SMILES string of the molecule is CCN1CCN(C(=S)c2ccc(OCC(=O)Nc3cccc(C)c3)c(OC)c2)CC1. The molecule has 1 fully saturated rings. The lowest BCUT2D eigenvalue weighted by molar-refractivity contribution is -0.118. The maximum Gasteiger partial charge on any atom is 0.262 e. The number of aryl methyl sites for hydroxylation is 1. The Morgan fingerprint density at radius 1 is 1.10 bits per heavy atom. The van der Waals surface area contributed by atoms with Crippen molar-refractivity contribution < 1.29 is 14.3 Å². The Bertz CT molecular complexity index is 895. The van der Waals surface area contributed by atoms with Crippen molar-refractivity contribution in [1.82, 2.24) is 9.80 Å². The van der Waals surface area contributed by atoms with Gasteiger partial charge in [-0.25, -0.2) is 0 Å². The van der Waals surface area contributed by atoms with Crippen LogP contribution in [0.5, 0.6) is 11.5 Å². The number of ether oxygens (including phenoxy) is 2. The first kappa shape index (κ1) is 22.1. The Kier molecular flexibility index (Phi) is 7.65. The maximum absolute atomic E-state index is 12.2. The van der Waals surface area contributed by atoms with E-state index < -0.39 is 0 Å².